The lowest BCUT2D eigenvalue weighted by Crippen LogP contribution is -2.48. The highest BCUT2D eigenvalue weighted by Crippen LogP contribution is 2.21. The van der Waals surface area contributed by atoms with Gasteiger partial charge in [-0.05, 0) is 44.0 Å². The molecule has 2 heterocycles. The first-order valence-corrected chi connectivity index (χ1v) is 8.62. The van der Waals surface area contributed by atoms with Gasteiger partial charge in [-0.2, -0.15) is 4.98 Å². The Morgan fingerprint density at radius 3 is 2.20 bits per heavy atom. The summed E-state index contributed by atoms with van der Waals surface area (Å²) in [5.41, 5.74) is 4.39. The molecule has 132 valence electrons. The molecule has 0 aliphatic carbocycles. The second-order valence-corrected chi connectivity index (χ2v) is 6.69. The Bertz CT molecular complexity index is 761. The van der Waals surface area contributed by atoms with Gasteiger partial charge < -0.3 is 15.1 Å². The topological polar surface area (TPSA) is 61.4 Å². The molecule has 6 nitrogen and oxygen atoms in total. The highest BCUT2D eigenvalue weighted by Gasteiger charge is 2.21. The first-order chi connectivity index (χ1) is 11.9. The van der Waals surface area contributed by atoms with E-state index in [4.69, 9.17) is 0 Å². The van der Waals surface area contributed by atoms with Crippen LogP contribution in [0, 0.1) is 20.8 Å². The van der Waals surface area contributed by atoms with Crippen LogP contribution in [0.2, 0.25) is 0 Å². The van der Waals surface area contributed by atoms with Crippen LogP contribution in [0.3, 0.4) is 0 Å². The van der Waals surface area contributed by atoms with E-state index in [2.05, 4.69) is 52.2 Å². The van der Waals surface area contributed by atoms with Gasteiger partial charge in [0.15, 0.2) is 0 Å². The molecule has 1 aromatic carbocycles. The van der Waals surface area contributed by atoms with Crippen LogP contribution >= 0.6 is 0 Å². The van der Waals surface area contributed by atoms with Crippen molar-refractivity contribution in [3.63, 3.8) is 0 Å². The maximum absolute atomic E-state index is 11.5. The molecule has 2 aromatic rings. The van der Waals surface area contributed by atoms with Crippen molar-refractivity contribution in [3.8, 4) is 0 Å². The molecule has 1 saturated heterocycles. The second-order valence-electron chi connectivity index (χ2n) is 6.69. The third-order valence-corrected chi connectivity index (χ3v) is 4.34. The third kappa shape index (κ3) is 4.26. The number of nitrogens with one attached hydrogen (secondary N) is 1. The number of benzene rings is 1. The monoisotopic (exact) mass is 339 g/mol. The van der Waals surface area contributed by atoms with E-state index in [0.29, 0.717) is 13.1 Å². The van der Waals surface area contributed by atoms with Crippen LogP contribution in [0.4, 0.5) is 17.5 Å². The van der Waals surface area contributed by atoms with Crippen LogP contribution in [0.1, 0.15) is 23.7 Å². The summed E-state index contributed by atoms with van der Waals surface area (Å²) in [4.78, 5) is 24.7. The Labute approximate surface area is 148 Å². The highest BCUT2D eigenvalue weighted by molar-refractivity contribution is 5.73. The number of rotatable bonds is 3. The third-order valence-electron chi connectivity index (χ3n) is 4.34. The lowest BCUT2D eigenvalue weighted by atomic mass is 10.1. The fraction of sp³-hybridized carbons (Fsp3) is 0.421. The lowest BCUT2D eigenvalue weighted by Gasteiger charge is -2.34. The largest absolute Gasteiger partial charge is 0.340 e. The van der Waals surface area contributed by atoms with Gasteiger partial charge in [-0.1, -0.05) is 6.07 Å². The van der Waals surface area contributed by atoms with Crippen molar-refractivity contribution in [1.82, 2.24) is 14.9 Å². The average Bonchev–Trinajstić information content (AvgIpc) is 2.53. The summed E-state index contributed by atoms with van der Waals surface area (Å²) in [6.45, 7) is 10.7. The van der Waals surface area contributed by atoms with E-state index >= 15 is 0 Å². The van der Waals surface area contributed by atoms with Gasteiger partial charge in [0.25, 0.3) is 0 Å². The molecule has 1 amide bonds. The Balaban J connectivity index is 1.78. The summed E-state index contributed by atoms with van der Waals surface area (Å²) in [5.74, 6) is 1.64. The molecule has 0 bridgehead atoms. The summed E-state index contributed by atoms with van der Waals surface area (Å²) in [5, 5.41) is 3.39. The van der Waals surface area contributed by atoms with Crippen molar-refractivity contribution in [2.24, 2.45) is 0 Å². The molecule has 1 aromatic heterocycles. The number of amides is 1. The minimum absolute atomic E-state index is 0.127. The second kappa shape index (κ2) is 7.09. The molecule has 0 spiro atoms. The van der Waals surface area contributed by atoms with E-state index in [1.165, 1.54) is 11.1 Å². The van der Waals surface area contributed by atoms with Crippen LogP contribution in [0.5, 0.6) is 0 Å². The molecular formula is C19H25N5O. The first-order valence-electron chi connectivity index (χ1n) is 8.62. The minimum atomic E-state index is 0.127. The summed E-state index contributed by atoms with van der Waals surface area (Å²) in [6, 6.07) is 8.31. The molecule has 1 N–H and O–H groups in total. The molecule has 0 atom stereocenters. The minimum Gasteiger partial charge on any atom is -0.340 e. The summed E-state index contributed by atoms with van der Waals surface area (Å²) in [6.07, 6.45) is 0. The van der Waals surface area contributed by atoms with Crippen LogP contribution in [-0.4, -0.2) is 47.0 Å². The number of hydrogen-bond acceptors (Lipinski definition) is 5. The number of aromatic nitrogens is 2. The van der Waals surface area contributed by atoms with Crippen LogP contribution < -0.4 is 10.2 Å². The van der Waals surface area contributed by atoms with E-state index in [1.807, 2.05) is 17.9 Å². The number of hydrogen-bond donors (Lipinski definition) is 1. The standard InChI is InChI=1S/C19H25N5O/c1-13-9-14(2)11-17(10-13)21-18-12-15(3)20-19(22-18)24-7-5-23(6-8-24)16(4)25/h9-12H,5-8H2,1-4H3,(H,20,21,22). The van der Waals surface area contributed by atoms with Crippen molar-refractivity contribution in [2.45, 2.75) is 27.7 Å². The summed E-state index contributed by atoms with van der Waals surface area (Å²) < 4.78 is 0. The fourth-order valence-corrected chi connectivity index (χ4v) is 3.17. The molecular weight excluding hydrogens is 314 g/mol. The molecule has 3 rings (SSSR count). The first kappa shape index (κ1) is 17.2. The van der Waals surface area contributed by atoms with Crippen LogP contribution in [0.15, 0.2) is 24.3 Å². The van der Waals surface area contributed by atoms with Crippen molar-refractivity contribution < 1.29 is 4.79 Å². The van der Waals surface area contributed by atoms with Gasteiger partial charge in [0.2, 0.25) is 11.9 Å². The molecule has 1 aliphatic heterocycles. The van der Waals surface area contributed by atoms with Gasteiger partial charge in [-0.15, -0.1) is 0 Å². The van der Waals surface area contributed by atoms with E-state index < -0.39 is 0 Å². The quantitative estimate of drug-likeness (QED) is 0.932. The van der Waals surface area contributed by atoms with Gasteiger partial charge in [0.05, 0.1) is 0 Å². The van der Waals surface area contributed by atoms with Gasteiger partial charge in [0.1, 0.15) is 5.82 Å². The predicted octanol–water partition coefficient (Wildman–Crippen LogP) is 2.81. The average molecular weight is 339 g/mol. The maximum atomic E-state index is 11.5. The van der Waals surface area contributed by atoms with Crippen molar-refractivity contribution in [1.29, 1.82) is 0 Å². The Morgan fingerprint density at radius 2 is 1.60 bits per heavy atom. The van der Waals surface area contributed by atoms with Crippen molar-refractivity contribution in [3.05, 3.63) is 41.1 Å². The van der Waals surface area contributed by atoms with Crippen molar-refractivity contribution >= 4 is 23.4 Å². The zero-order chi connectivity index (χ0) is 18.0. The molecule has 25 heavy (non-hydrogen) atoms. The molecule has 1 aliphatic rings. The zero-order valence-corrected chi connectivity index (χ0v) is 15.3. The number of piperazine rings is 1. The Kier molecular flexibility index (Phi) is 4.88. The maximum Gasteiger partial charge on any atom is 0.227 e. The lowest BCUT2D eigenvalue weighted by molar-refractivity contribution is -0.129. The van der Waals surface area contributed by atoms with Crippen LogP contribution in [0.25, 0.3) is 0 Å². The van der Waals surface area contributed by atoms with E-state index in [1.54, 1.807) is 6.92 Å². The normalized spacial score (nSPS) is 14.6. The molecule has 0 unspecified atom stereocenters. The zero-order valence-electron chi connectivity index (χ0n) is 15.3. The van der Waals surface area contributed by atoms with E-state index in [0.717, 1.165) is 36.2 Å². The van der Waals surface area contributed by atoms with Crippen LogP contribution in [-0.2, 0) is 4.79 Å². The Hall–Kier alpha value is -2.63. The SMILES string of the molecule is CC(=O)N1CCN(c2nc(C)cc(Nc3cc(C)cc(C)c3)n2)CC1. The number of aryl methyl sites for hydroxylation is 3. The Morgan fingerprint density at radius 1 is 0.960 bits per heavy atom. The molecule has 0 saturated carbocycles. The summed E-state index contributed by atoms with van der Waals surface area (Å²) in [7, 11) is 0. The molecule has 0 radical (unpaired) electrons. The van der Waals surface area contributed by atoms with E-state index in [-0.39, 0.29) is 5.91 Å². The predicted molar refractivity (Wildman–Crippen MR) is 100 cm³/mol. The highest BCUT2D eigenvalue weighted by atomic mass is 16.2. The number of anilines is 3. The smallest absolute Gasteiger partial charge is 0.227 e. The molecule has 1 fully saturated rings. The number of carbonyl (C=O) groups is 1. The summed E-state index contributed by atoms with van der Waals surface area (Å²) >= 11 is 0. The van der Waals surface area contributed by atoms with Gasteiger partial charge in [0, 0.05) is 50.6 Å². The fourth-order valence-electron chi connectivity index (χ4n) is 3.17. The number of nitrogens with zero attached hydrogens (tertiary/aromatic N) is 4. The number of carbonyl (C=O) groups excluding carboxylic acids is 1. The van der Waals surface area contributed by atoms with Gasteiger partial charge in [-0.25, -0.2) is 4.98 Å². The van der Waals surface area contributed by atoms with Gasteiger partial charge in [-0.3, -0.25) is 4.79 Å². The van der Waals surface area contributed by atoms with E-state index in [9.17, 15) is 4.79 Å². The van der Waals surface area contributed by atoms with Crippen molar-refractivity contribution in [2.75, 3.05) is 36.4 Å². The van der Waals surface area contributed by atoms with Gasteiger partial charge >= 0.3 is 0 Å². The molecule has 6 heteroatoms.